The average molecular weight is 298 g/mol. The van der Waals surface area contributed by atoms with Crippen molar-refractivity contribution in [2.75, 3.05) is 16.8 Å². The quantitative estimate of drug-likeness (QED) is 0.918. The number of nitrogens with zero attached hydrogens (tertiary/aromatic N) is 3. The maximum absolute atomic E-state index is 11.9. The Bertz CT molecular complexity index is 649. The normalized spacial score (nSPS) is 14.4. The van der Waals surface area contributed by atoms with Gasteiger partial charge in [0.2, 0.25) is 11.8 Å². The van der Waals surface area contributed by atoms with Gasteiger partial charge in [0.05, 0.1) is 6.33 Å². The van der Waals surface area contributed by atoms with Crippen LogP contribution in [0.5, 0.6) is 0 Å². The van der Waals surface area contributed by atoms with Crippen LogP contribution in [0.3, 0.4) is 0 Å². The third-order valence-corrected chi connectivity index (χ3v) is 3.69. The van der Waals surface area contributed by atoms with Crippen molar-refractivity contribution < 1.29 is 9.59 Å². The Labute approximate surface area is 128 Å². The summed E-state index contributed by atoms with van der Waals surface area (Å²) >= 11 is 0. The first kappa shape index (κ1) is 14.3. The highest BCUT2D eigenvalue weighted by Crippen LogP contribution is 2.23. The van der Waals surface area contributed by atoms with Crippen LogP contribution in [0.4, 0.5) is 11.4 Å². The van der Waals surface area contributed by atoms with Crippen LogP contribution in [0, 0.1) is 0 Å². The van der Waals surface area contributed by atoms with E-state index in [0.717, 1.165) is 24.3 Å². The van der Waals surface area contributed by atoms with Gasteiger partial charge in [0.1, 0.15) is 0 Å². The molecule has 1 aliphatic heterocycles. The van der Waals surface area contributed by atoms with Crippen LogP contribution in [-0.4, -0.2) is 27.9 Å². The van der Waals surface area contributed by atoms with Gasteiger partial charge in [-0.2, -0.15) is 0 Å². The Morgan fingerprint density at radius 3 is 2.73 bits per heavy atom. The number of rotatable bonds is 5. The molecule has 1 aromatic carbocycles. The molecular formula is C16H18N4O2. The molecule has 0 radical (unpaired) electrons. The summed E-state index contributed by atoms with van der Waals surface area (Å²) in [6.45, 7) is 1.38. The van der Waals surface area contributed by atoms with Gasteiger partial charge in [-0.1, -0.05) is 0 Å². The summed E-state index contributed by atoms with van der Waals surface area (Å²) in [6.07, 6.45) is 7.13. The molecule has 2 aromatic rings. The number of aryl methyl sites for hydroxylation is 1. The number of nitrogens with one attached hydrogen (secondary N) is 1. The summed E-state index contributed by atoms with van der Waals surface area (Å²) in [7, 11) is 0. The minimum absolute atomic E-state index is 0.0429. The van der Waals surface area contributed by atoms with Crippen LogP contribution in [0.2, 0.25) is 0 Å². The van der Waals surface area contributed by atoms with E-state index in [9.17, 15) is 9.59 Å². The molecule has 2 amide bonds. The van der Waals surface area contributed by atoms with Crippen molar-refractivity contribution in [1.82, 2.24) is 9.55 Å². The summed E-state index contributed by atoms with van der Waals surface area (Å²) in [5.41, 5.74) is 1.63. The zero-order valence-corrected chi connectivity index (χ0v) is 12.2. The van der Waals surface area contributed by atoms with Gasteiger partial charge in [-0.25, -0.2) is 4.98 Å². The second kappa shape index (κ2) is 6.43. The van der Waals surface area contributed by atoms with Gasteiger partial charge in [0.25, 0.3) is 0 Å². The summed E-state index contributed by atoms with van der Waals surface area (Å²) in [4.78, 5) is 29.3. The number of carbonyl (C=O) groups excluding carboxylic acids is 2. The topological polar surface area (TPSA) is 67.2 Å². The van der Waals surface area contributed by atoms with E-state index in [0.29, 0.717) is 19.4 Å². The SMILES string of the molecule is O=C(CCn1ccnc1)Nc1ccc(N2CCCC2=O)cc1. The molecule has 0 spiro atoms. The fourth-order valence-electron chi connectivity index (χ4n) is 2.52. The van der Waals surface area contributed by atoms with Gasteiger partial charge < -0.3 is 14.8 Å². The van der Waals surface area contributed by atoms with E-state index in [4.69, 9.17) is 0 Å². The number of hydrogen-bond acceptors (Lipinski definition) is 3. The molecule has 0 unspecified atom stereocenters. The third kappa shape index (κ3) is 3.33. The molecule has 1 fully saturated rings. The van der Waals surface area contributed by atoms with Crippen LogP contribution >= 0.6 is 0 Å². The van der Waals surface area contributed by atoms with Crippen molar-refractivity contribution >= 4 is 23.2 Å². The zero-order valence-electron chi connectivity index (χ0n) is 12.2. The monoisotopic (exact) mass is 298 g/mol. The van der Waals surface area contributed by atoms with Crippen LogP contribution in [0.1, 0.15) is 19.3 Å². The molecule has 1 N–H and O–H groups in total. The molecule has 0 saturated carbocycles. The summed E-state index contributed by atoms with van der Waals surface area (Å²) in [5.74, 6) is 0.121. The largest absolute Gasteiger partial charge is 0.337 e. The lowest BCUT2D eigenvalue weighted by Crippen LogP contribution is -2.23. The first-order valence-corrected chi connectivity index (χ1v) is 7.38. The minimum atomic E-state index is -0.0429. The van der Waals surface area contributed by atoms with E-state index in [2.05, 4.69) is 10.3 Å². The number of imidazole rings is 1. The Balaban J connectivity index is 1.54. The smallest absolute Gasteiger partial charge is 0.227 e. The first-order valence-electron chi connectivity index (χ1n) is 7.38. The fraction of sp³-hybridized carbons (Fsp3) is 0.312. The van der Waals surface area contributed by atoms with E-state index >= 15 is 0 Å². The summed E-state index contributed by atoms with van der Waals surface area (Å²) < 4.78 is 1.86. The van der Waals surface area contributed by atoms with Crippen molar-refractivity contribution in [3.8, 4) is 0 Å². The molecule has 114 valence electrons. The van der Waals surface area contributed by atoms with Gasteiger partial charge in [0, 0.05) is 49.7 Å². The van der Waals surface area contributed by atoms with E-state index in [1.54, 1.807) is 17.4 Å². The number of carbonyl (C=O) groups is 2. The third-order valence-electron chi connectivity index (χ3n) is 3.69. The number of amides is 2. The van der Waals surface area contributed by atoms with Crippen molar-refractivity contribution in [3.63, 3.8) is 0 Å². The number of aromatic nitrogens is 2. The molecule has 1 aliphatic rings. The molecule has 22 heavy (non-hydrogen) atoms. The van der Waals surface area contributed by atoms with E-state index in [-0.39, 0.29) is 11.8 Å². The van der Waals surface area contributed by atoms with Gasteiger partial charge in [0.15, 0.2) is 0 Å². The zero-order chi connectivity index (χ0) is 15.4. The van der Waals surface area contributed by atoms with E-state index in [1.165, 1.54) is 0 Å². The van der Waals surface area contributed by atoms with Gasteiger partial charge >= 0.3 is 0 Å². The van der Waals surface area contributed by atoms with Gasteiger partial charge in [-0.3, -0.25) is 9.59 Å². The number of hydrogen-bond donors (Lipinski definition) is 1. The standard InChI is InChI=1S/C16H18N4O2/c21-15(7-10-19-11-8-17-12-19)18-13-3-5-14(6-4-13)20-9-1-2-16(20)22/h3-6,8,11-12H,1-2,7,9-10H2,(H,18,21). The molecule has 1 saturated heterocycles. The number of benzene rings is 1. The van der Waals surface area contributed by atoms with Crippen LogP contribution in [0.15, 0.2) is 43.0 Å². The predicted octanol–water partition coefficient (Wildman–Crippen LogP) is 2.04. The number of anilines is 2. The van der Waals surface area contributed by atoms with Crippen molar-refractivity contribution in [3.05, 3.63) is 43.0 Å². The molecule has 0 aliphatic carbocycles. The van der Waals surface area contributed by atoms with Gasteiger partial charge in [-0.05, 0) is 30.7 Å². The minimum Gasteiger partial charge on any atom is -0.337 e. The Kier molecular flexibility index (Phi) is 4.18. The Hall–Kier alpha value is -2.63. The van der Waals surface area contributed by atoms with E-state index in [1.807, 2.05) is 35.0 Å². The maximum atomic E-state index is 11.9. The van der Waals surface area contributed by atoms with Crippen LogP contribution < -0.4 is 10.2 Å². The highest BCUT2D eigenvalue weighted by Gasteiger charge is 2.21. The molecule has 2 heterocycles. The second-order valence-corrected chi connectivity index (χ2v) is 5.29. The lowest BCUT2D eigenvalue weighted by atomic mass is 10.2. The Morgan fingerprint density at radius 2 is 2.09 bits per heavy atom. The first-order chi connectivity index (χ1) is 10.7. The van der Waals surface area contributed by atoms with E-state index < -0.39 is 0 Å². The van der Waals surface area contributed by atoms with Gasteiger partial charge in [-0.15, -0.1) is 0 Å². The molecule has 0 atom stereocenters. The van der Waals surface area contributed by atoms with Crippen LogP contribution in [-0.2, 0) is 16.1 Å². The summed E-state index contributed by atoms with van der Waals surface area (Å²) in [5, 5.41) is 2.86. The highest BCUT2D eigenvalue weighted by molar-refractivity contribution is 5.96. The molecule has 1 aromatic heterocycles. The van der Waals surface area contributed by atoms with Crippen molar-refractivity contribution in [2.24, 2.45) is 0 Å². The molecular weight excluding hydrogens is 280 g/mol. The molecule has 0 bridgehead atoms. The predicted molar refractivity (Wildman–Crippen MR) is 83.5 cm³/mol. The van der Waals surface area contributed by atoms with Crippen molar-refractivity contribution in [2.45, 2.75) is 25.8 Å². The second-order valence-electron chi connectivity index (χ2n) is 5.29. The molecule has 3 rings (SSSR count). The maximum Gasteiger partial charge on any atom is 0.227 e. The molecule has 6 nitrogen and oxygen atoms in total. The molecule has 6 heteroatoms. The van der Waals surface area contributed by atoms with Crippen molar-refractivity contribution in [1.29, 1.82) is 0 Å². The lowest BCUT2D eigenvalue weighted by molar-refractivity contribution is -0.117. The summed E-state index contributed by atoms with van der Waals surface area (Å²) in [6, 6.07) is 7.40. The lowest BCUT2D eigenvalue weighted by Gasteiger charge is -2.16. The average Bonchev–Trinajstić information content (AvgIpc) is 3.17. The highest BCUT2D eigenvalue weighted by atomic mass is 16.2. The van der Waals surface area contributed by atoms with Crippen LogP contribution in [0.25, 0.3) is 0 Å². The Morgan fingerprint density at radius 1 is 1.27 bits per heavy atom. The fourth-order valence-corrected chi connectivity index (χ4v) is 2.52.